The molecular weight excluding hydrogens is 268 g/mol. The second kappa shape index (κ2) is 7.23. The molecule has 7 heteroatoms. The lowest BCUT2D eigenvalue weighted by Crippen LogP contribution is -2.53. The summed E-state index contributed by atoms with van der Waals surface area (Å²) in [5.41, 5.74) is 0. The van der Waals surface area contributed by atoms with Crippen LogP contribution in [-0.2, 0) is 33.3 Å². The highest BCUT2D eigenvalue weighted by Gasteiger charge is 2.42. The van der Waals surface area contributed by atoms with E-state index < -0.39 is 36.2 Å². The Morgan fingerprint density at radius 1 is 1.05 bits per heavy atom. The van der Waals surface area contributed by atoms with E-state index in [0.29, 0.717) is 6.42 Å². The summed E-state index contributed by atoms with van der Waals surface area (Å²) in [4.78, 5) is 33.2. The van der Waals surface area contributed by atoms with Gasteiger partial charge in [-0.1, -0.05) is 0 Å². The van der Waals surface area contributed by atoms with Gasteiger partial charge < -0.3 is 18.9 Å². The first-order valence-electron chi connectivity index (χ1n) is 6.42. The Hall–Kier alpha value is -1.63. The summed E-state index contributed by atoms with van der Waals surface area (Å²) >= 11 is 0. The van der Waals surface area contributed by atoms with E-state index in [-0.39, 0.29) is 12.7 Å². The van der Waals surface area contributed by atoms with Gasteiger partial charge in [-0.3, -0.25) is 14.4 Å². The van der Waals surface area contributed by atoms with E-state index in [1.165, 1.54) is 20.8 Å². The van der Waals surface area contributed by atoms with Crippen molar-refractivity contribution in [3.05, 3.63) is 0 Å². The molecule has 0 amide bonds. The topological polar surface area (TPSA) is 88.1 Å². The Labute approximate surface area is 117 Å². The Bertz CT molecular complexity index is 379. The number of hydrogen-bond acceptors (Lipinski definition) is 7. The van der Waals surface area contributed by atoms with Crippen LogP contribution in [0.5, 0.6) is 0 Å². The fraction of sp³-hybridized carbons (Fsp3) is 0.769. The van der Waals surface area contributed by atoms with Gasteiger partial charge in [0.05, 0.1) is 6.10 Å². The number of esters is 3. The minimum atomic E-state index is -0.785. The molecule has 0 radical (unpaired) electrons. The van der Waals surface area contributed by atoms with Crippen molar-refractivity contribution >= 4 is 17.9 Å². The first-order valence-corrected chi connectivity index (χ1v) is 6.42. The molecular formula is C13H20O7. The number of carbonyl (C=O) groups is 3. The Morgan fingerprint density at radius 3 is 2.15 bits per heavy atom. The molecule has 20 heavy (non-hydrogen) atoms. The number of hydrogen-bond donors (Lipinski definition) is 0. The third-order valence-electron chi connectivity index (χ3n) is 2.77. The Morgan fingerprint density at radius 2 is 1.65 bits per heavy atom. The fourth-order valence-electron chi connectivity index (χ4n) is 2.14. The van der Waals surface area contributed by atoms with Crippen LogP contribution in [0.3, 0.4) is 0 Å². The number of ether oxygens (including phenoxy) is 4. The van der Waals surface area contributed by atoms with Crippen LogP contribution in [0, 0.1) is 0 Å². The van der Waals surface area contributed by atoms with Crippen molar-refractivity contribution in [2.24, 2.45) is 0 Å². The SMILES string of the molecule is CC(=O)OCC1OC(C)CC(OC(C)=O)C1OC(C)=O. The molecule has 1 aliphatic rings. The maximum atomic E-state index is 11.2. The van der Waals surface area contributed by atoms with Gasteiger partial charge in [0.1, 0.15) is 18.8 Å². The van der Waals surface area contributed by atoms with Crippen LogP contribution in [0.1, 0.15) is 34.1 Å². The molecule has 1 heterocycles. The van der Waals surface area contributed by atoms with Crippen molar-refractivity contribution < 1.29 is 33.3 Å². The van der Waals surface area contributed by atoms with Crippen LogP contribution in [-0.4, -0.2) is 48.9 Å². The van der Waals surface area contributed by atoms with Gasteiger partial charge in [-0.15, -0.1) is 0 Å². The maximum Gasteiger partial charge on any atom is 0.303 e. The zero-order valence-electron chi connectivity index (χ0n) is 12.1. The van der Waals surface area contributed by atoms with Crippen molar-refractivity contribution in [1.82, 2.24) is 0 Å². The summed E-state index contributed by atoms with van der Waals surface area (Å²) in [5, 5.41) is 0. The molecule has 114 valence electrons. The summed E-state index contributed by atoms with van der Waals surface area (Å²) in [6, 6.07) is 0. The van der Waals surface area contributed by atoms with E-state index in [2.05, 4.69) is 0 Å². The first kappa shape index (κ1) is 16.4. The highest BCUT2D eigenvalue weighted by molar-refractivity contribution is 5.67. The smallest absolute Gasteiger partial charge is 0.303 e. The predicted molar refractivity (Wildman–Crippen MR) is 66.7 cm³/mol. The zero-order chi connectivity index (χ0) is 15.3. The minimum Gasteiger partial charge on any atom is -0.463 e. The molecule has 4 unspecified atom stereocenters. The summed E-state index contributed by atoms with van der Waals surface area (Å²) in [6.07, 6.45) is -1.84. The predicted octanol–water partition coefficient (Wildman–Crippen LogP) is 0.590. The minimum absolute atomic E-state index is 0.0601. The average Bonchev–Trinajstić information content (AvgIpc) is 2.28. The normalized spacial score (nSPS) is 29.4. The molecule has 0 saturated carbocycles. The van der Waals surface area contributed by atoms with Gasteiger partial charge in [-0.25, -0.2) is 0 Å². The zero-order valence-corrected chi connectivity index (χ0v) is 12.1. The quantitative estimate of drug-likeness (QED) is 0.552. The summed E-state index contributed by atoms with van der Waals surface area (Å²) in [6.45, 7) is 5.56. The average molecular weight is 288 g/mol. The van der Waals surface area contributed by atoms with E-state index in [1.54, 1.807) is 6.92 Å². The number of carbonyl (C=O) groups excluding carboxylic acids is 3. The van der Waals surface area contributed by atoms with Crippen LogP contribution >= 0.6 is 0 Å². The highest BCUT2D eigenvalue weighted by Crippen LogP contribution is 2.26. The molecule has 0 bridgehead atoms. The van der Waals surface area contributed by atoms with Crippen molar-refractivity contribution in [1.29, 1.82) is 0 Å². The van der Waals surface area contributed by atoms with Gasteiger partial charge in [0.15, 0.2) is 6.10 Å². The van der Waals surface area contributed by atoms with E-state index in [0.717, 1.165) is 0 Å². The molecule has 0 spiro atoms. The molecule has 4 atom stereocenters. The molecule has 0 N–H and O–H groups in total. The van der Waals surface area contributed by atoms with Crippen LogP contribution in [0.15, 0.2) is 0 Å². The van der Waals surface area contributed by atoms with E-state index in [9.17, 15) is 14.4 Å². The molecule has 1 fully saturated rings. The second-order valence-corrected chi connectivity index (χ2v) is 4.75. The largest absolute Gasteiger partial charge is 0.463 e. The van der Waals surface area contributed by atoms with Crippen molar-refractivity contribution in [2.75, 3.05) is 6.61 Å². The van der Waals surface area contributed by atoms with E-state index >= 15 is 0 Å². The van der Waals surface area contributed by atoms with Crippen LogP contribution in [0.2, 0.25) is 0 Å². The lowest BCUT2D eigenvalue weighted by molar-refractivity contribution is -0.212. The Balaban J connectivity index is 2.82. The van der Waals surface area contributed by atoms with Crippen molar-refractivity contribution in [2.45, 2.75) is 58.5 Å². The van der Waals surface area contributed by atoms with Gasteiger partial charge in [0.25, 0.3) is 0 Å². The van der Waals surface area contributed by atoms with Gasteiger partial charge in [-0.05, 0) is 6.92 Å². The van der Waals surface area contributed by atoms with Crippen molar-refractivity contribution in [3.63, 3.8) is 0 Å². The summed E-state index contributed by atoms with van der Waals surface area (Å²) in [5.74, 6) is -1.44. The maximum absolute atomic E-state index is 11.2. The molecule has 0 aromatic heterocycles. The molecule has 7 nitrogen and oxygen atoms in total. The van der Waals surface area contributed by atoms with E-state index in [1.807, 2.05) is 0 Å². The lowest BCUT2D eigenvalue weighted by Gasteiger charge is -2.39. The third kappa shape index (κ3) is 5.16. The lowest BCUT2D eigenvalue weighted by atomic mass is 9.98. The van der Waals surface area contributed by atoms with Crippen LogP contribution < -0.4 is 0 Å². The van der Waals surface area contributed by atoms with Gasteiger partial charge in [0.2, 0.25) is 0 Å². The summed E-state index contributed by atoms with van der Waals surface area (Å²) in [7, 11) is 0. The molecule has 0 aromatic rings. The van der Waals surface area contributed by atoms with Gasteiger partial charge in [0, 0.05) is 27.2 Å². The van der Waals surface area contributed by atoms with Gasteiger partial charge >= 0.3 is 17.9 Å². The third-order valence-corrected chi connectivity index (χ3v) is 2.77. The monoisotopic (exact) mass is 288 g/mol. The van der Waals surface area contributed by atoms with Crippen LogP contribution in [0.4, 0.5) is 0 Å². The highest BCUT2D eigenvalue weighted by atomic mass is 16.6. The molecule has 1 saturated heterocycles. The van der Waals surface area contributed by atoms with E-state index in [4.69, 9.17) is 18.9 Å². The van der Waals surface area contributed by atoms with Crippen LogP contribution in [0.25, 0.3) is 0 Å². The standard InChI is InChI=1S/C13H20O7/c1-7-5-11(19-9(3)15)13(20-10(4)16)12(18-7)6-17-8(2)14/h7,11-13H,5-6H2,1-4H3. The summed E-state index contributed by atoms with van der Waals surface area (Å²) < 4.78 is 20.9. The Kier molecular flexibility index (Phi) is 5.94. The molecule has 1 aliphatic heterocycles. The molecule has 0 aliphatic carbocycles. The second-order valence-electron chi connectivity index (χ2n) is 4.75. The molecule has 0 aromatic carbocycles. The number of rotatable bonds is 4. The molecule has 1 rings (SSSR count). The van der Waals surface area contributed by atoms with Gasteiger partial charge in [-0.2, -0.15) is 0 Å². The first-order chi connectivity index (χ1) is 9.29. The fourth-order valence-corrected chi connectivity index (χ4v) is 2.14. The van der Waals surface area contributed by atoms with Crippen molar-refractivity contribution in [3.8, 4) is 0 Å².